The summed E-state index contributed by atoms with van der Waals surface area (Å²) in [6.45, 7) is 3.25. The van der Waals surface area contributed by atoms with Crippen molar-refractivity contribution in [2.24, 2.45) is 0 Å². The van der Waals surface area contributed by atoms with E-state index in [0.29, 0.717) is 11.0 Å². The topological polar surface area (TPSA) is 83.5 Å². The number of ether oxygens (including phenoxy) is 1. The molecule has 0 saturated carbocycles. The molecule has 0 spiro atoms. The average molecular weight is 406 g/mol. The van der Waals surface area contributed by atoms with Gasteiger partial charge in [-0.1, -0.05) is 22.6 Å². The van der Waals surface area contributed by atoms with E-state index in [-0.39, 0.29) is 51.1 Å². The van der Waals surface area contributed by atoms with Crippen LogP contribution in [0.1, 0.15) is 21.5 Å². The number of aryl methyl sites for hydroxylation is 2. The molecule has 1 aromatic carbocycles. The molecule has 0 aliphatic heterocycles. The number of esters is 1. The summed E-state index contributed by atoms with van der Waals surface area (Å²) >= 11 is 2.07. The van der Waals surface area contributed by atoms with E-state index in [9.17, 15) is 17.8 Å². The Labute approximate surface area is 148 Å². The monoisotopic (exact) mass is 406 g/mol. The molecular formula is C11H12INaO5S. The van der Waals surface area contributed by atoms with E-state index in [1.165, 1.54) is 26.0 Å². The summed E-state index contributed by atoms with van der Waals surface area (Å²) in [4.78, 5) is 11.3. The number of hydrogen-bond acceptors (Lipinski definition) is 5. The van der Waals surface area contributed by atoms with Gasteiger partial charge in [-0.3, -0.25) is 0 Å². The van der Waals surface area contributed by atoms with Crippen LogP contribution in [0.3, 0.4) is 0 Å². The summed E-state index contributed by atoms with van der Waals surface area (Å²) in [6.07, 6.45) is 0. The molecule has 0 aliphatic rings. The summed E-state index contributed by atoms with van der Waals surface area (Å²) in [5.41, 5.74) is 0.764. The average Bonchev–Trinajstić information content (AvgIpc) is 2.22. The van der Waals surface area contributed by atoms with Gasteiger partial charge >= 0.3 is 35.5 Å². The van der Waals surface area contributed by atoms with Gasteiger partial charge in [-0.2, -0.15) is 0 Å². The molecule has 19 heavy (non-hydrogen) atoms. The Morgan fingerprint density at radius 2 is 1.79 bits per heavy atom. The first-order chi connectivity index (χ1) is 8.27. The van der Waals surface area contributed by atoms with Crippen molar-refractivity contribution >= 4 is 38.7 Å². The molecule has 0 fully saturated rings. The molecule has 0 unspecified atom stereocenters. The number of carbonyl (C=O) groups is 1. The van der Waals surface area contributed by atoms with Gasteiger partial charge in [0, 0.05) is 4.43 Å². The Bertz CT molecular complexity index is 547. The Morgan fingerprint density at radius 3 is 2.16 bits per heavy atom. The van der Waals surface area contributed by atoms with Crippen LogP contribution in [-0.4, -0.2) is 30.0 Å². The third kappa shape index (κ3) is 5.31. The van der Waals surface area contributed by atoms with Crippen LogP contribution >= 0.6 is 22.6 Å². The van der Waals surface area contributed by atoms with Gasteiger partial charge in [-0.05, 0) is 37.1 Å². The van der Waals surface area contributed by atoms with Crippen LogP contribution in [0.2, 0.25) is 0 Å². The maximum atomic E-state index is 11.6. The third-order valence-corrected chi connectivity index (χ3v) is 3.84. The summed E-state index contributed by atoms with van der Waals surface area (Å²) < 4.78 is 38.8. The number of alkyl halides is 1. The van der Waals surface area contributed by atoms with E-state index in [1.807, 2.05) is 0 Å². The normalized spacial score (nSPS) is 10.7. The van der Waals surface area contributed by atoms with E-state index < -0.39 is 16.1 Å². The van der Waals surface area contributed by atoms with Gasteiger partial charge in [0.2, 0.25) is 0 Å². The number of carbonyl (C=O) groups excluding carboxylic acids is 1. The molecule has 1 aromatic rings. The maximum Gasteiger partial charge on any atom is 1.00 e. The maximum absolute atomic E-state index is 11.6. The van der Waals surface area contributed by atoms with Gasteiger partial charge in [-0.15, -0.1) is 0 Å². The molecule has 0 heterocycles. The van der Waals surface area contributed by atoms with Crippen molar-refractivity contribution in [2.75, 3.05) is 11.0 Å². The SMILES string of the molecule is Cc1cc(C(=O)OCCI)cc(C)c1S(=O)(=O)[O-].[Na+]. The molecule has 0 saturated heterocycles. The van der Waals surface area contributed by atoms with Crippen LogP contribution in [0.15, 0.2) is 17.0 Å². The van der Waals surface area contributed by atoms with E-state index in [0.717, 1.165) is 0 Å². The minimum atomic E-state index is -4.53. The van der Waals surface area contributed by atoms with Crippen molar-refractivity contribution < 1.29 is 52.1 Å². The van der Waals surface area contributed by atoms with Crippen LogP contribution in [-0.2, 0) is 14.9 Å². The van der Waals surface area contributed by atoms with E-state index in [2.05, 4.69) is 22.6 Å². The fourth-order valence-corrected chi connectivity index (χ4v) is 2.80. The molecule has 0 radical (unpaired) electrons. The molecule has 1 rings (SSSR count). The first-order valence-electron chi connectivity index (χ1n) is 5.07. The summed E-state index contributed by atoms with van der Waals surface area (Å²) in [5, 5.41) is 0. The van der Waals surface area contributed by atoms with Gasteiger partial charge < -0.3 is 9.29 Å². The fourth-order valence-electron chi connectivity index (χ4n) is 1.68. The van der Waals surface area contributed by atoms with E-state index >= 15 is 0 Å². The zero-order valence-corrected chi connectivity index (χ0v) is 15.9. The molecule has 100 valence electrons. The number of rotatable bonds is 4. The minimum absolute atomic E-state index is 0. The molecule has 8 heteroatoms. The van der Waals surface area contributed by atoms with Crippen LogP contribution < -0.4 is 29.6 Å². The molecule has 5 nitrogen and oxygen atoms in total. The van der Waals surface area contributed by atoms with Gasteiger partial charge in [0.05, 0.1) is 10.5 Å². The summed E-state index contributed by atoms with van der Waals surface area (Å²) in [5.74, 6) is -0.521. The molecule has 0 N–H and O–H groups in total. The van der Waals surface area contributed by atoms with E-state index in [1.54, 1.807) is 0 Å². The van der Waals surface area contributed by atoms with Crippen molar-refractivity contribution in [3.63, 3.8) is 0 Å². The molecular weight excluding hydrogens is 394 g/mol. The Balaban J connectivity index is 0.00000324. The van der Waals surface area contributed by atoms with Gasteiger partial charge in [0.15, 0.2) is 0 Å². The third-order valence-electron chi connectivity index (χ3n) is 2.26. The standard InChI is InChI=1S/C11H13IO5S.Na/c1-7-5-9(11(13)17-4-3-12)6-8(2)10(7)18(14,15)16;/h5-6H,3-4H2,1-2H3,(H,14,15,16);/q;+1/p-1. The predicted octanol–water partition coefficient (Wildman–Crippen LogP) is -1.20. The van der Waals surface area contributed by atoms with Crippen molar-refractivity contribution in [3.05, 3.63) is 28.8 Å². The quantitative estimate of drug-likeness (QED) is 0.206. The Morgan fingerprint density at radius 1 is 1.32 bits per heavy atom. The van der Waals surface area contributed by atoms with Crippen molar-refractivity contribution in [3.8, 4) is 0 Å². The molecule has 0 amide bonds. The predicted molar refractivity (Wildman–Crippen MR) is 73.0 cm³/mol. The molecule has 0 aromatic heterocycles. The smallest absolute Gasteiger partial charge is 0.744 e. The van der Waals surface area contributed by atoms with Crippen LogP contribution in [0.25, 0.3) is 0 Å². The zero-order chi connectivity index (χ0) is 13.9. The van der Waals surface area contributed by atoms with Crippen molar-refractivity contribution in [1.29, 1.82) is 0 Å². The van der Waals surface area contributed by atoms with Crippen LogP contribution in [0, 0.1) is 13.8 Å². The second kappa shape index (κ2) is 7.94. The van der Waals surface area contributed by atoms with E-state index in [4.69, 9.17) is 4.74 Å². The minimum Gasteiger partial charge on any atom is -0.744 e. The van der Waals surface area contributed by atoms with Crippen molar-refractivity contribution in [2.45, 2.75) is 18.7 Å². The zero-order valence-electron chi connectivity index (χ0n) is 10.9. The van der Waals surface area contributed by atoms with Gasteiger partial charge in [0.25, 0.3) is 0 Å². The first-order valence-corrected chi connectivity index (χ1v) is 8.01. The number of halogens is 1. The summed E-state index contributed by atoms with van der Waals surface area (Å²) in [6, 6.07) is 2.71. The Hall–Kier alpha value is 0.330. The molecule has 0 atom stereocenters. The first kappa shape index (κ1) is 19.3. The van der Waals surface area contributed by atoms with Crippen LogP contribution in [0.5, 0.6) is 0 Å². The second-order valence-corrected chi connectivity index (χ2v) is 6.11. The Kier molecular flexibility index (Phi) is 8.08. The fraction of sp³-hybridized carbons (Fsp3) is 0.364. The van der Waals surface area contributed by atoms with Gasteiger partial charge in [-0.25, -0.2) is 13.2 Å². The van der Waals surface area contributed by atoms with Crippen molar-refractivity contribution in [1.82, 2.24) is 0 Å². The second-order valence-electron chi connectivity index (χ2n) is 3.72. The number of benzene rings is 1. The molecule has 0 bridgehead atoms. The van der Waals surface area contributed by atoms with Crippen LogP contribution in [0.4, 0.5) is 0 Å². The van der Waals surface area contributed by atoms with Gasteiger partial charge in [0.1, 0.15) is 16.7 Å². The summed E-state index contributed by atoms with van der Waals surface area (Å²) in [7, 11) is -4.53. The number of hydrogen-bond donors (Lipinski definition) is 0. The molecule has 0 aliphatic carbocycles. The largest absolute Gasteiger partial charge is 1.00 e.